The number of carbonyl (C=O) groups is 2. The average molecular weight is 758 g/mol. The van der Waals surface area contributed by atoms with E-state index in [0.717, 1.165) is 64.2 Å². The minimum absolute atomic E-state index is 0.0833. The largest absolute Gasteiger partial charge is 0.472 e. The molecule has 0 bridgehead atoms. The number of allylic oxidation sites excluding steroid dienone is 4. The van der Waals surface area contributed by atoms with Crippen LogP contribution in [0.2, 0.25) is 0 Å². The van der Waals surface area contributed by atoms with E-state index in [4.69, 9.17) is 13.8 Å². The Hall–Kier alpha value is -1.51. The Bertz CT molecular complexity index is 912. The molecule has 0 rings (SSSR count). The van der Waals surface area contributed by atoms with E-state index in [1.54, 1.807) is 0 Å². The summed E-state index contributed by atoms with van der Waals surface area (Å²) in [5.74, 6) is -0.525. The number of ether oxygens (including phenoxy) is 1. The molecule has 3 N–H and O–H groups in total. The van der Waals surface area contributed by atoms with Crippen molar-refractivity contribution in [2.75, 3.05) is 26.4 Å². The van der Waals surface area contributed by atoms with Gasteiger partial charge in [-0.2, -0.15) is 0 Å². The Balaban J connectivity index is 3.59. The van der Waals surface area contributed by atoms with Gasteiger partial charge in [0.05, 0.1) is 13.2 Å². The van der Waals surface area contributed by atoms with Crippen molar-refractivity contribution < 1.29 is 37.9 Å². The molecule has 0 radical (unpaired) electrons. The van der Waals surface area contributed by atoms with E-state index in [0.29, 0.717) is 6.42 Å². The molecule has 10 heteroatoms. The first-order chi connectivity index (χ1) is 25.3. The van der Waals surface area contributed by atoms with Gasteiger partial charge in [0.25, 0.3) is 0 Å². The molecule has 2 unspecified atom stereocenters. The van der Waals surface area contributed by atoms with Crippen LogP contribution in [0.1, 0.15) is 200 Å². The monoisotopic (exact) mass is 758 g/mol. The van der Waals surface area contributed by atoms with Crippen molar-refractivity contribution in [3.63, 3.8) is 0 Å². The van der Waals surface area contributed by atoms with Crippen LogP contribution in [0.15, 0.2) is 24.3 Å². The predicted octanol–water partition coefficient (Wildman–Crippen LogP) is 11.6. The number of hydrogen-bond donors (Lipinski definition) is 3. The van der Waals surface area contributed by atoms with Gasteiger partial charge in [0.15, 0.2) is 0 Å². The van der Waals surface area contributed by atoms with Crippen LogP contribution in [0.5, 0.6) is 0 Å². The quantitative estimate of drug-likeness (QED) is 0.0244. The second-order valence-corrected chi connectivity index (χ2v) is 15.8. The van der Waals surface area contributed by atoms with Gasteiger partial charge in [-0.05, 0) is 38.5 Å². The fourth-order valence-electron chi connectivity index (χ4n) is 5.87. The Morgan fingerprint density at radius 3 is 1.60 bits per heavy atom. The SMILES string of the molecule is CCCC/C=C\C/C=C\CCCCCCCC(=O)OCC(O)COP(=O)(O)OCCNC(=O)CCCCCCCCCCCCCCCCCCC. The van der Waals surface area contributed by atoms with E-state index in [2.05, 4.69) is 43.5 Å². The number of amides is 1. The zero-order chi connectivity index (χ0) is 38.2. The number of hydrogen-bond acceptors (Lipinski definition) is 7. The third kappa shape index (κ3) is 39.7. The first-order valence-corrected chi connectivity index (χ1v) is 22.8. The summed E-state index contributed by atoms with van der Waals surface area (Å²) in [5.41, 5.74) is 0. The van der Waals surface area contributed by atoms with Gasteiger partial charge < -0.3 is 20.1 Å². The third-order valence-corrected chi connectivity index (χ3v) is 10.1. The number of esters is 1. The third-order valence-electron chi connectivity index (χ3n) is 9.13. The molecule has 0 aliphatic rings. The molecule has 306 valence electrons. The molecule has 0 aromatic heterocycles. The molecule has 0 fully saturated rings. The van der Waals surface area contributed by atoms with Crippen molar-refractivity contribution in [2.45, 2.75) is 206 Å². The Morgan fingerprint density at radius 1 is 0.596 bits per heavy atom. The highest BCUT2D eigenvalue weighted by Crippen LogP contribution is 2.42. The molecule has 0 spiro atoms. The van der Waals surface area contributed by atoms with Gasteiger partial charge in [-0.15, -0.1) is 0 Å². The summed E-state index contributed by atoms with van der Waals surface area (Å²) >= 11 is 0. The Kier molecular flexibility index (Phi) is 38.1. The summed E-state index contributed by atoms with van der Waals surface area (Å²) in [6.45, 7) is 3.51. The summed E-state index contributed by atoms with van der Waals surface area (Å²) < 4.78 is 26.8. The fraction of sp³-hybridized carbons (Fsp3) is 0.857. The normalized spacial score (nSPS) is 13.5. The smallest absolute Gasteiger partial charge is 0.463 e. The van der Waals surface area contributed by atoms with Crippen LogP contribution in [-0.2, 0) is 27.9 Å². The van der Waals surface area contributed by atoms with Crippen LogP contribution in [0.3, 0.4) is 0 Å². The molecular formula is C42H80NO8P. The maximum atomic E-state index is 12.1. The van der Waals surface area contributed by atoms with Crippen LogP contribution in [0, 0.1) is 0 Å². The van der Waals surface area contributed by atoms with E-state index >= 15 is 0 Å². The molecule has 9 nitrogen and oxygen atoms in total. The van der Waals surface area contributed by atoms with Gasteiger partial charge >= 0.3 is 13.8 Å². The lowest BCUT2D eigenvalue weighted by Gasteiger charge is -2.15. The second-order valence-electron chi connectivity index (χ2n) is 14.3. The Morgan fingerprint density at radius 2 is 1.06 bits per heavy atom. The van der Waals surface area contributed by atoms with Crippen LogP contribution in [0.25, 0.3) is 0 Å². The number of unbranched alkanes of at least 4 members (excludes halogenated alkanes) is 23. The van der Waals surface area contributed by atoms with Crippen LogP contribution in [0.4, 0.5) is 0 Å². The summed E-state index contributed by atoms with van der Waals surface area (Å²) in [6, 6.07) is 0. The minimum atomic E-state index is -4.41. The maximum absolute atomic E-state index is 12.1. The lowest BCUT2D eigenvalue weighted by atomic mass is 10.0. The van der Waals surface area contributed by atoms with Gasteiger partial charge in [-0.1, -0.05) is 173 Å². The number of aliphatic hydroxyl groups is 1. The number of nitrogens with one attached hydrogen (secondary N) is 1. The second kappa shape index (κ2) is 39.2. The van der Waals surface area contributed by atoms with Gasteiger partial charge in [-0.3, -0.25) is 18.6 Å². The summed E-state index contributed by atoms with van der Waals surface area (Å²) in [6.07, 6.45) is 41.0. The lowest BCUT2D eigenvalue weighted by Crippen LogP contribution is -2.27. The molecule has 0 saturated heterocycles. The van der Waals surface area contributed by atoms with E-state index in [1.807, 2.05) is 0 Å². The van der Waals surface area contributed by atoms with Gasteiger partial charge in [0.1, 0.15) is 12.7 Å². The highest BCUT2D eigenvalue weighted by molar-refractivity contribution is 7.47. The van der Waals surface area contributed by atoms with Crippen molar-refractivity contribution in [3.05, 3.63) is 24.3 Å². The van der Waals surface area contributed by atoms with Crippen LogP contribution >= 0.6 is 7.82 Å². The number of phosphoric ester groups is 1. The van der Waals surface area contributed by atoms with Crippen molar-refractivity contribution in [2.24, 2.45) is 0 Å². The lowest BCUT2D eigenvalue weighted by molar-refractivity contribution is -0.147. The first kappa shape index (κ1) is 50.5. The maximum Gasteiger partial charge on any atom is 0.472 e. The molecule has 0 heterocycles. The molecule has 0 aliphatic carbocycles. The minimum Gasteiger partial charge on any atom is -0.463 e. The molecule has 52 heavy (non-hydrogen) atoms. The van der Waals surface area contributed by atoms with E-state index in [-0.39, 0.29) is 32.1 Å². The highest BCUT2D eigenvalue weighted by Gasteiger charge is 2.23. The summed E-state index contributed by atoms with van der Waals surface area (Å²) in [5, 5.41) is 12.7. The van der Waals surface area contributed by atoms with Crippen LogP contribution in [-0.4, -0.2) is 54.3 Å². The molecular weight excluding hydrogens is 677 g/mol. The first-order valence-electron chi connectivity index (χ1n) is 21.3. The zero-order valence-electron chi connectivity index (χ0n) is 33.5. The molecule has 1 amide bonds. The van der Waals surface area contributed by atoms with E-state index < -0.39 is 26.5 Å². The van der Waals surface area contributed by atoms with Crippen molar-refractivity contribution in [3.8, 4) is 0 Å². The summed E-state index contributed by atoms with van der Waals surface area (Å²) in [7, 11) is -4.41. The van der Waals surface area contributed by atoms with E-state index in [1.165, 1.54) is 109 Å². The fourth-order valence-corrected chi connectivity index (χ4v) is 6.62. The molecule has 0 aromatic carbocycles. The zero-order valence-corrected chi connectivity index (χ0v) is 34.4. The van der Waals surface area contributed by atoms with Gasteiger partial charge in [0, 0.05) is 19.4 Å². The molecule has 0 saturated carbocycles. The average Bonchev–Trinajstić information content (AvgIpc) is 3.13. The number of aliphatic hydroxyl groups excluding tert-OH is 1. The predicted molar refractivity (Wildman–Crippen MR) is 215 cm³/mol. The van der Waals surface area contributed by atoms with Gasteiger partial charge in [0.2, 0.25) is 5.91 Å². The highest BCUT2D eigenvalue weighted by atomic mass is 31.2. The van der Waals surface area contributed by atoms with Gasteiger partial charge in [-0.25, -0.2) is 4.57 Å². The van der Waals surface area contributed by atoms with Crippen LogP contribution < -0.4 is 5.32 Å². The Labute approximate surface area is 319 Å². The van der Waals surface area contributed by atoms with Crippen molar-refractivity contribution in [1.29, 1.82) is 0 Å². The summed E-state index contributed by atoms with van der Waals surface area (Å²) in [4.78, 5) is 33.9. The number of phosphoric acid groups is 1. The number of carbonyl (C=O) groups excluding carboxylic acids is 2. The standard InChI is InChI=1S/C42H80NO8P/c1-3-5-7-9-11-13-15-17-19-20-21-22-24-26-28-30-32-34-41(45)43-36-37-50-52(47,48)51-39-40(44)38-49-42(46)35-33-31-29-27-25-23-18-16-14-12-10-8-6-4-2/h10,12,16,18,40,44H,3-9,11,13-15,17,19-39H2,1-2H3,(H,43,45)(H,47,48)/b12-10-,18-16-. The molecule has 2 atom stereocenters. The van der Waals surface area contributed by atoms with E-state index in [9.17, 15) is 24.2 Å². The topological polar surface area (TPSA) is 131 Å². The molecule has 0 aromatic rings. The number of rotatable bonds is 40. The molecule has 0 aliphatic heterocycles. The van der Waals surface area contributed by atoms with Crippen molar-refractivity contribution in [1.82, 2.24) is 5.32 Å². The van der Waals surface area contributed by atoms with Crippen molar-refractivity contribution >= 4 is 19.7 Å².